The summed E-state index contributed by atoms with van der Waals surface area (Å²) in [6.45, 7) is 0.778. The summed E-state index contributed by atoms with van der Waals surface area (Å²) in [5.74, 6) is -0.313. The average molecular weight is 323 g/mol. The number of nitrogens with zero attached hydrogens (tertiary/aromatic N) is 1. The van der Waals surface area contributed by atoms with Crippen molar-refractivity contribution >= 4 is 35.3 Å². The second kappa shape index (κ2) is 5.49. The molecule has 2 fully saturated rings. The van der Waals surface area contributed by atoms with E-state index >= 15 is 0 Å². The summed E-state index contributed by atoms with van der Waals surface area (Å²) >= 11 is 5.88. The smallest absolute Gasteiger partial charge is 0.322 e. The number of likely N-dealkylation sites (tertiary alicyclic amines) is 1. The van der Waals surface area contributed by atoms with Crippen LogP contribution in [-0.2, 0) is 4.79 Å². The fourth-order valence-electron chi connectivity index (χ4n) is 2.74. The Labute approximate surface area is 132 Å². The van der Waals surface area contributed by atoms with E-state index in [0.29, 0.717) is 36.6 Å². The van der Waals surface area contributed by atoms with E-state index in [4.69, 9.17) is 11.6 Å². The molecular weight excluding hydrogens is 308 g/mol. The van der Waals surface area contributed by atoms with Crippen LogP contribution in [0.4, 0.5) is 15.3 Å². The van der Waals surface area contributed by atoms with Gasteiger partial charge in [0.1, 0.15) is 5.54 Å². The first-order valence-corrected chi connectivity index (χ1v) is 7.31. The van der Waals surface area contributed by atoms with Gasteiger partial charge in [-0.2, -0.15) is 0 Å². The minimum Gasteiger partial charge on any atom is -0.324 e. The Balaban J connectivity index is 1.60. The van der Waals surface area contributed by atoms with Gasteiger partial charge in [0, 0.05) is 23.8 Å². The lowest BCUT2D eigenvalue weighted by Crippen LogP contribution is -2.56. The van der Waals surface area contributed by atoms with Gasteiger partial charge in [-0.3, -0.25) is 10.1 Å². The highest BCUT2D eigenvalue weighted by molar-refractivity contribution is 6.30. The van der Waals surface area contributed by atoms with E-state index in [1.54, 1.807) is 29.2 Å². The first-order valence-electron chi connectivity index (χ1n) is 6.94. The fourth-order valence-corrected chi connectivity index (χ4v) is 2.93. The summed E-state index contributed by atoms with van der Waals surface area (Å²) in [5.41, 5.74) is -0.256. The molecule has 0 unspecified atom stereocenters. The quantitative estimate of drug-likeness (QED) is 0.685. The predicted molar refractivity (Wildman–Crippen MR) is 80.7 cm³/mol. The van der Waals surface area contributed by atoms with E-state index in [-0.39, 0.29) is 11.9 Å². The minimum atomic E-state index is -0.871. The normalized spacial score (nSPS) is 19.8. The highest BCUT2D eigenvalue weighted by Gasteiger charge is 2.48. The van der Waals surface area contributed by atoms with E-state index in [2.05, 4.69) is 16.0 Å². The molecule has 1 aromatic rings. The molecule has 3 rings (SSSR count). The van der Waals surface area contributed by atoms with Crippen LogP contribution in [0.2, 0.25) is 5.02 Å². The Bertz CT molecular complexity index is 641. The molecule has 22 heavy (non-hydrogen) atoms. The van der Waals surface area contributed by atoms with Crippen LogP contribution in [0.15, 0.2) is 24.3 Å². The van der Waals surface area contributed by atoms with E-state index in [1.807, 2.05) is 0 Å². The molecule has 2 aliphatic rings. The van der Waals surface area contributed by atoms with Gasteiger partial charge >= 0.3 is 12.1 Å². The van der Waals surface area contributed by atoms with Crippen LogP contribution < -0.4 is 16.0 Å². The number of carbonyl (C=O) groups excluding carboxylic acids is 3. The van der Waals surface area contributed by atoms with Crippen molar-refractivity contribution in [2.24, 2.45) is 0 Å². The molecule has 0 aromatic heterocycles. The second-order valence-corrected chi connectivity index (χ2v) is 5.85. The van der Waals surface area contributed by atoms with Crippen LogP contribution in [0, 0.1) is 0 Å². The third-order valence-corrected chi connectivity index (χ3v) is 4.23. The number of imide groups is 1. The van der Waals surface area contributed by atoms with Crippen molar-refractivity contribution in [3.05, 3.63) is 29.3 Å². The Hall–Kier alpha value is -2.28. The molecule has 2 aliphatic heterocycles. The number of rotatable bonds is 1. The molecule has 1 spiro atoms. The van der Waals surface area contributed by atoms with Crippen molar-refractivity contribution in [3.63, 3.8) is 0 Å². The number of hydrogen-bond donors (Lipinski definition) is 3. The summed E-state index contributed by atoms with van der Waals surface area (Å²) in [4.78, 5) is 36.9. The fraction of sp³-hybridized carbons (Fsp3) is 0.357. The Morgan fingerprint density at radius 1 is 1.27 bits per heavy atom. The standard InChI is InChI=1S/C14H15ClN4O3/c15-9-2-1-3-10(8-9)16-13(22)19-6-4-14(5-7-19)11(20)17-12(21)18-14/h1-3,8H,4-7H2,(H,16,22)(H2,17,18,20,21). The summed E-state index contributed by atoms with van der Waals surface area (Å²) in [5, 5.41) is 8.21. The third kappa shape index (κ3) is 2.71. The number of carbonyl (C=O) groups is 3. The average Bonchev–Trinajstić information content (AvgIpc) is 2.73. The summed E-state index contributed by atoms with van der Waals surface area (Å²) < 4.78 is 0. The Morgan fingerprint density at radius 2 is 2.00 bits per heavy atom. The number of amides is 5. The third-order valence-electron chi connectivity index (χ3n) is 3.99. The maximum absolute atomic E-state index is 12.2. The van der Waals surface area contributed by atoms with E-state index < -0.39 is 11.6 Å². The predicted octanol–water partition coefficient (Wildman–Crippen LogP) is 1.55. The Kier molecular flexibility index (Phi) is 3.66. The van der Waals surface area contributed by atoms with E-state index in [1.165, 1.54) is 0 Å². The van der Waals surface area contributed by atoms with Crippen molar-refractivity contribution in [1.82, 2.24) is 15.5 Å². The molecule has 2 saturated heterocycles. The van der Waals surface area contributed by atoms with Gasteiger partial charge in [0.05, 0.1) is 0 Å². The van der Waals surface area contributed by atoms with Gasteiger partial charge in [-0.05, 0) is 31.0 Å². The van der Waals surface area contributed by atoms with Crippen molar-refractivity contribution in [3.8, 4) is 0 Å². The minimum absolute atomic E-state index is 0.248. The number of halogens is 1. The van der Waals surface area contributed by atoms with Gasteiger partial charge in [0.2, 0.25) is 0 Å². The highest BCUT2D eigenvalue weighted by atomic mass is 35.5. The number of nitrogens with one attached hydrogen (secondary N) is 3. The first kappa shape index (κ1) is 14.6. The molecular formula is C14H15ClN4O3. The van der Waals surface area contributed by atoms with Gasteiger partial charge < -0.3 is 15.5 Å². The lowest BCUT2D eigenvalue weighted by molar-refractivity contribution is -0.125. The zero-order valence-electron chi connectivity index (χ0n) is 11.7. The van der Waals surface area contributed by atoms with Gasteiger partial charge in [-0.15, -0.1) is 0 Å². The van der Waals surface area contributed by atoms with Crippen LogP contribution in [0.1, 0.15) is 12.8 Å². The number of piperidine rings is 1. The second-order valence-electron chi connectivity index (χ2n) is 5.42. The molecule has 1 aromatic carbocycles. The molecule has 0 aliphatic carbocycles. The molecule has 0 atom stereocenters. The number of benzene rings is 1. The molecule has 5 amide bonds. The first-order chi connectivity index (χ1) is 10.5. The largest absolute Gasteiger partial charge is 0.324 e. The summed E-state index contributed by atoms with van der Waals surface area (Å²) in [6.07, 6.45) is 0.793. The topological polar surface area (TPSA) is 90.5 Å². The lowest BCUT2D eigenvalue weighted by Gasteiger charge is -2.36. The molecule has 0 bridgehead atoms. The van der Waals surface area contributed by atoms with Crippen molar-refractivity contribution in [2.75, 3.05) is 18.4 Å². The van der Waals surface area contributed by atoms with Gasteiger partial charge in [0.25, 0.3) is 5.91 Å². The van der Waals surface area contributed by atoms with Crippen LogP contribution in [0.5, 0.6) is 0 Å². The summed E-state index contributed by atoms with van der Waals surface area (Å²) in [7, 11) is 0. The van der Waals surface area contributed by atoms with Crippen molar-refractivity contribution in [1.29, 1.82) is 0 Å². The number of anilines is 1. The monoisotopic (exact) mass is 322 g/mol. The van der Waals surface area contributed by atoms with Gasteiger partial charge in [-0.25, -0.2) is 9.59 Å². The SMILES string of the molecule is O=C1NC(=O)C2(CCN(C(=O)Nc3cccc(Cl)c3)CC2)N1. The lowest BCUT2D eigenvalue weighted by atomic mass is 9.88. The van der Waals surface area contributed by atoms with Crippen LogP contribution >= 0.6 is 11.6 Å². The highest BCUT2D eigenvalue weighted by Crippen LogP contribution is 2.26. The molecule has 3 N–H and O–H groups in total. The van der Waals surface area contributed by atoms with Crippen LogP contribution in [0.25, 0.3) is 0 Å². The van der Waals surface area contributed by atoms with E-state index in [0.717, 1.165) is 0 Å². The van der Waals surface area contributed by atoms with Crippen molar-refractivity contribution in [2.45, 2.75) is 18.4 Å². The molecule has 0 radical (unpaired) electrons. The summed E-state index contributed by atoms with van der Waals surface area (Å²) in [6, 6.07) is 6.17. The van der Waals surface area contributed by atoms with Gasteiger partial charge in [-0.1, -0.05) is 17.7 Å². The van der Waals surface area contributed by atoms with E-state index in [9.17, 15) is 14.4 Å². The maximum atomic E-state index is 12.2. The molecule has 2 heterocycles. The zero-order valence-corrected chi connectivity index (χ0v) is 12.4. The molecule has 7 nitrogen and oxygen atoms in total. The van der Waals surface area contributed by atoms with Crippen LogP contribution in [-0.4, -0.2) is 41.5 Å². The number of hydrogen-bond acceptors (Lipinski definition) is 3. The molecule has 8 heteroatoms. The maximum Gasteiger partial charge on any atom is 0.322 e. The molecule has 116 valence electrons. The number of urea groups is 2. The van der Waals surface area contributed by atoms with Crippen molar-refractivity contribution < 1.29 is 14.4 Å². The van der Waals surface area contributed by atoms with Gasteiger partial charge in [0.15, 0.2) is 0 Å². The van der Waals surface area contributed by atoms with Crippen LogP contribution in [0.3, 0.4) is 0 Å². The molecule has 0 saturated carbocycles. The zero-order chi connectivity index (χ0) is 15.7. The Morgan fingerprint density at radius 3 is 2.59 bits per heavy atom.